The molecule has 1 unspecified atom stereocenters. The van der Waals surface area contributed by atoms with Crippen molar-refractivity contribution in [3.05, 3.63) is 0 Å². The van der Waals surface area contributed by atoms with Crippen LogP contribution in [-0.2, 0) is 0 Å². The molecule has 1 spiro atoms. The molecule has 2 nitrogen and oxygen atoms in total. The normalized spacial score (nSPS) is 32.1. The van der Waals surface area contributed by atoms with Gasteiger partial charge in [0.1, 0.15) is 0 Å². The summed E-state index contributed by atoms with van der Waals surface area (Å²) in [5.74, 6) is 2.00. The van der Waals surface area contributed by atoms with E-state index < -0.39 is 0 Å². The average molecular weight is 405 g/mol. The molecule has 0 N–H and O–H groups in total. The van der Waals surface area contributed by atoms with Crippen LogP contribution in [0.15, 0.2) is 0 Å². The van der Waals surface area contributed by atoms with Crippen LogP contribution < -0.4 is 0 Å². The Kier molecular flexibility index (Phi) is 8.93. The van der Waals surface area contributed by atoms with Crippen LogP contribution in [0.5, 0.6) is 0 Å². The Labute approximate surface area is 183 Å². The van der Waals surface area contributed by atoms with E-state index in [1.165, 1.54) is 103 Å². The van der Waals surface area contributed by atoms with Crippen LogP contribution in [0.2, 0.25) is 0 Å². The second-order valence-corrected chi connectivity index (χ2v) is 11.1. The Morgan fingerprint density at radius 2 is 1.38 bits per heavy atom. The Hall–Kier alpha value is -0.0800. The first-order chi connectivity index (χ1) is 14.1. The molecule has 4 rings (SSSR count). The van der Waals surface area contributed by atoms with E-state index in [1.807, 2.05) is 13.8 Å². The second-order valence-electron chi connectivity index (χ2n) is 11.1. The maximum Gasteiger partial charge on any atom is 0.0102 e. The van der Waals surface area contributed by atoms with Gasteiger partial charge in [0.2, 0.25) is 0 Å². The molecule has 4 aliphatic rings. The SMILES string of the molecule is CC.CCC(C)N(C1CC1)C1CCC2(CC1)CCN(CC1CCC(C)CC1)CC2. The summed E-state index contributed by atoms with van der Waals surface area (Å²) in [7, 11) is 0. The van der Waals surface area contributed by atoms with Gasteiger partial charge in [-0.1, -0.05) is 40.5 Å². The Morgan fingerprint density at radius 3 is 1.90 bits per heavy atom. The van der Waals surface area contributed by atoms with Crippen LogP contribution >= 0.6 is 0 Å². The van der Waals surface area contributed by atoms with E-state index in [0.29, 0.717) is 0 Å². The van der Waals surface area contributed by atoms with Gasteiger partial charge in [0.15, 0.2) is 0 Å². The molecule has 0 bridgehead atoms. The molecular weight excluding hydrogens is 352 g/mol. The standard InChI is InChI=1S/C25H46N2.C2H6/c1-4-21(3)27(23-9-10-23)24-11-13-25(14-12-24)15-17-26(18-16-25)19-22-7-5-20(2)6-8-22;1-2/h20-24H,4-19H2,1-3H3;1-2H3. The van der Waals surface area contributed by atoms with E-state index in [9.17, 15) is 0 Å². The summed E-state index contributed by atoms with van der Waals surface area (Å²) < 4.78 is 0. The van der Waals surface area contributed by atoms with Crippen molar-refractivity contribution in [1.29, 1.82) is 0 Å². The number of hydrogen-bond acceptors (Lipinski definition) is 2. The zero-order valence-corrected chi connectivity index (χ0v) is 20.6. The summed E-state index contributed by atoms with van der Waals surface area (Å²) >= 11 is 0. The zero-order valence-electron chi connectivity index (χ0n) is 20.6. The molecular formula is C27H52N2. The molecule has 4 fully saturated rings. The van der Waals surface area contributed by atoms with Crippen molar-refractivity contribution < 1.29 is 0 Å². The lowest BCUT2D eigenvalue weighted by molar-refractivity contribution is 0.0130. The first-order valence-electron chi connectivity index (χ1n) is 13.6. The molecule has 1 atom stereocenters. The molecule has 0 aromatic rings. The van der Waals surface area contributed by atoms with Crippen molar-refractivity contribution in [2.45, 2.75) is 136 Å². The second kappa shape index (κ2) is 11.0. The fourth-order valence-electron chi connectivity index (χ4n) is 6.70. The van der Waals surface area contributed by atoms with E-state index in [1.54, 1.807) is 0 Å². The fraction of sp³-hybridized carbons (Fsp3) is 1.00. The average Bonchev–Trinajstić information content (AvgIpc) is 3.59. The summed E-state index contributed by atoms with van der Waals surface area (Å²) in [6.07, 6.45) is 19.2. The molecule has 170 valence electrons. The highest BCUT2D eigenvalue weighted by molar-refractivity contribution is 4.97. The highest BCUT2D eigenvalue weighted by Gasteiger charge is 2.43. The van der Waals surface area contributed by atoms with Crippen LogP contribution in [-0.4, -0.2) is 47.6 Å². The third-order valence-corrected chi connectivity index (χ3v) is 9.07. The predicted octanol–water partition coefficient (Wildman–Crippen LogP) is 7.13. The summed E-state index contributed by atoms with van der Waals surface area (Å²) in [4.78, 5) is 5.79. The van der Waals surface area contributed by atoms with Gasteiger partial charge in [-0.3, -0.25) is 4.90 Å². The largest absolute Gasteiger partial charge is 0.303 e. The van der Waals surface area contributed by atoms with Crippen LogP contribution in [0.3, 0.4) is 0 Å². The van der Waals surface area contributed by atoms with E-state index >= 15 is 0 Å². The minimum atomic E-state index is 0.721. The zero-order chi connectivity index (χ0) is 20.9. The quantitative estimate of drug-likeness (QED) is 0.464. The lowest BCUT2D eigenvalue weighted by atomic mass is 9.66. The highest BCUT2D eigenvalue weighted by Crippen LogP contribution is 2.47. The molecule has 3 aliphatic carbocycles. The van der Waals surface area contributed by atoms with Crippen molar-refractivity contribution in [3.8, 4) is 0 Å². The maximum atomic E-state index is 2.95. The number of likely N-dealkylation sites (tertiary alicyclic amines) is 1. The summed E-state index contributed by atoms with van der Waals surface area (Å²) in [5, 5.41) is 0. The smallest absolute Gasteiger partial charge is 0.0102 e. The Bertz CT molecular complexity index is 445. The lowest BCUT2D eigenvalue weighted by Gasteiger charge is -2.49. The van der Waals surface area contributed by atoms with Gasteiger partial charge in [0, 0.05) is 24.7 Å². The minimum Gasteiger partial charge on any atom is -0.303 e. The van der Waals surface area contributed by atoms with Gasteiger partial charge in [0.25, 0.3) is 0 Å². The minimum absolute atomic E-state index is 0.721. The fourth-order valence-corrected chi connectivity index (χ4v) is 6.70. The van der Waals surface area contributed by atoms with Gasteiger partial charge in [-0.2, -0.15) is 0 Å². The van der Waals surface area contributed by atoms with Crippen LogP contribution in [0.25, 0.3) is 0 Å². The summed E-state index contributed by atoms with van der Waals surface area (Å²) in [6, 6.07) is 2.65. The van der Waals surface area contributed by atoms with Crippen molar-refractivity contribution in [1.82, 2.24) is 9.80 Å². The van der Waals surface area contributed by atoms with Gasteiger partial charge in [-0.15, -0.1) is 0 Å². The number of rotatable bonds is 6. The number of piperidine rings is 1. The molecule has 0 amide bonds. The summed E-state index contributed by atoms with van der Waals surface area (Å²) in [6.45, 7) is 15.5. The topological polar surface area (TPSA) is 6.48 Å². The Balaban J connectivity index is 0.00000117. The van der Waals surface area contributed by atoms with Gasteiger partial charge in [-0.25, -0.2) is 0 Å². The summed E-state index contributed by atoms with van der Waals surface area (Å²) in [5.41, 5.74) is 0.721. The molecule has 1 saturated heterocycles. The molecule has 29 heavy (non-hydrogen) atoms. The number of nitrogens with zero attached hydrogens (tertiary/aromatic N) is 2. The van der Waals surface area contributed by atoms with Crippen molar-refractivity contribution in [2.75, 3.05) is 19.6 Å². The molecule has 2 heteroatoms. The van der Waals surface area contributed by atoms with Crippen LogP contribution in [0, 0.1) is 17.3 Å². The maximum absolute atomic E-state index is 2.95. The van der Waals surface area contributed by atoms with Crippen molar-refractivity contribution in [2.24, 2.45) is 17.3 Å². The van der Waals surface area contributed by atoms with Gasteiger partial charge in [0.05, 0.1) is 0 Å². The molecule has 3 saturated carbocycles. The third-order valence-electron chi connectivity index (χ3n) is 9.07. The van der Waals surface area contributed by atoms with E-state index in [4.69, 9.17) is 0 Å². The highest BCUT2D eigenvalue weighted by atomic mass is 15.2. The number of hydrogen-bond donors (Lipinski definition) is 0. The first kappa shape index (κ1) is 23.6. The van der Waals surface area contributed by atoms with Crippen LogP contribution in [0.1, 0.15) is 118 Å². The molecule has 0 radical (unpaired) electrons. The van der Waals surface area contributed by atoms with Gasteiger partial charge in [-0.05, 0) is 108 Å². The van der Waals surface area contributed by atoms with Crippen molar-refractivity contribution >= 4 is 0 Å². The molecule has 0 aromatic heterocycles. The van der Waals surface area contributed by atoms with Gasteiger partial charge >= 0.3 is 0 Å². The third kappa shape index (κ3) is 6.22. The molecule has 0 aromatic carbocycles. The monoisotopic (exact) mass is 404 g/mol. The lowest BCUT2D eigenvalue weighted by Crippen LogP contribution is -2.49. The van der Waals surface area contributed by atoms with E-state index in [2.05, 4.69) is 30.6 Å². The molecule has 1 heterocycles. The first-order valence-corrected chi connectivity index (χ1v) is 13.6. The van der Waals surface area contributed by atoms with E-state index in [0.717, 1.165) is 35.4 Å². The van der Waals surface area contributed by atoms with Crippen molar-refractivity contribution in [3.63, 3.8) is 0 Å². The molecule has 1 aliphatic heterocycles. The predicted molar refractivity (Wildman–Crippen MR) is 127 cm³/mol. The Morgan fingerprint density at radius 1 is 0.828 bits per heavy atom. The van der Waals surface area contributed by atoms with Gasteiger partial charge < -0.3 is 4.90 Å². The van der Waals surface area contributed by atoms with E-state index in [-0.39, 0.29) is 0 Å². The van der Waals surface area contributed by atoms with Crippen LogP contribution in [0.4, 0.5) is 0 Å².